The molecule has 2 aliphatic rings. The van der Waals surface area contributed by atoms with E-state index in [4.69, 9.17) is 15.7 Å². The standard InChI is InChI=1S/C35H23B3/c1-19-22-8-3-4-9-23(22)31-16-21(37)17-32(34(19)31)27-13-7-12-26-29-15-20(36)14-28-24-10-5-6-11-25(24)33(18-30(28)29)38(2)35(26)27/h3-19H,1-2H3. The minimum atomic E-state index is 0.195. The number of fused-ring (bicyclic) bond motifs is 9. The topological polar surface area (TPSA) is 0 Å². The number of hydrogen-bond donors (Lipinski definition) is 0. The molecule has 0 aromatic heterocycles. The fraction of sp³-hybridized carbons (Fsp3) is 0.0857. The van der Waals surface area contributed by atoms with Gasteiger partial charge < -0.3 is 0 Å². The van der Waals surface area contributed by atoms with Gasteiger partial charge in [-0.1, -0.05) is 133 Å². The quantitative estimate of drug-likeness (QED) is 0.214. The van der Waals surface area contributed by atoms with Crippen molar-refractivity contribution in [2.75, 3.05) is 0 Å². The third-order valence-electron chi connectivity index (χ3n) is 8.97. The molecule has 0 saturated heterocycles. The minimum Gasteiger partial charge on any atom is -0.0954 e. The second-order valence-corrected chi connectivity index (χ2v) is 11.0. The van der Waals surface area contributed by atoms with Crippen LogP contribution in [-0.2, 0) is 0 Å². The molecule has 1 unspecified atom stereocenters. The fourth-order valence-electron chi connectivity index (χ4n) is 7.36. The Hall–Kier alpha value is -3.97. The number of rotatable bonds is 1. The maximum Gasteiger partial charge on any atom is 0.208 e. The van der Waals surface area contributed by atoms with E-state index < -0.39 is 0 Å². The van der Waals surface area contributed by atoms with Crippen LogP contribution in [0.15, 0.2) is 97.1 Å². The molecule has 0 fully saturated rings. The van der Waals surface area contributed by atoms with E-state index in [2.05, 4.69) is 111 Å². The lowest BCUT2D eigenvalue weighted by molar-refractivity contribution is 0.959. The van der Waals surface area contributed by atoms with Crippen molar-refractivity contribution < 1.29 is 0 Å². The van der Waals surface area contributed by atoms with Gasteiger partial charge in [-0.05, 0) is 66.1 Å². The highest BCUT2D eigenvalue weighted by Gasteiger charge is 2.32. The SMILES string of the molecule is [B]c1cc2c(c(-c3cccc4c3B(C)c3cc5c-4cc([B])cc5c4ccccc34)c1)C(C)c1ccccc1-2. The molecule has 1 atom stereocenters. The predicted octanol–water partition coefficient (Wildman–Crippen LogP) is 5.60. The Labute approximate surface area is 226 Å². The Morgan fingerprint density at radius 2 is 1.16 bits per heavy atom. The molecule has 6 aromatic carbocycles. The molecule has 6 aromatic rings. The van der Waals surface area contributed by atoms with Crippen molar-refractivity contribution in [3.05, 3.63) is 108 Å². The van der Waals surface area contributed by atoms with Gasteiger partial charge in [0, 0.05) is 5.92 Å². The summed E-state index contributed by atoms with van der Waals surface area (Å²) in [5, 5.41) is 5.06. The summed E-state index contributed by atoms with van der Waals surface area (Å²) in [5.41, 5.74) is 14.6. The van der Waals surface area contributed by atoms with Crippen LogP contribution in [0.25, 0.3) is 54.9 Å². The molecule has 8 rings (SSSR count). The highest BCUT2D eigenvalue weighted by molar-refractivity contribution is 6.88. The number of hydrogen-bond acceptors (Lipinski definition) is 0. The van der Waals surface area contributed by atoms with Gasteiger partial charge in [0.05, 0.1) is 0 Å². The van der Waals surface area contributed by atoms with E-state index in [1.807, 2.05) is 0 Å². The summed E-state index contributed by atoms with van der Waals surface area (Å²) in [4.78, 5) is 0. The highest BCUT2D eigenvalue weighted by atomic mass is 14.3. The van der Waals surface area contributed by atoms with Crippen molar-refractivity contribution >= 4 is 65.8 Å². The molecule has 0 nitrogen and oxygen atoms in total. The molecule has 4 radical (unpaired) electrons. The molecule has 1 aliphatic carbocycles. The average Bonchev–Trinajstić information content (AvgIpc) is 3.16. The molecular weight excluding hydrogens is 453 g/mol. The third kappa shape index (κ3) is 2.85. The van der Waals surface area contributed by atoms with Crippen molar-refractivity contribution in [3.8, 4) is 33.4 Å². The van der Waals surface area contributed by atoms with E-state index in [0.29, 0.717) is 5.92 Å². The summed E-state index contributed by atoms with van der Waals surface area (Å²) >= 11 is 0. The van der Waals surface area contributed by atoms with Gasteiger partial charge in [-0.15, -0.1) is 0 Å². The van der Waals surface area contributed by atoms with E-state index >= 15 is 0 Å². The lowest BCUT2D eigenvalue weighted by Crippen LogP contribution is -2.41. The number of benzene rings is 6. The zero-order valence-electron chi connectivity index (χ0n) is 21.5. The maximum atomic E-state index is 6.61. The normalized spacial score (nSPS) is 15.0. The van der Waals surface area contributed by atoms with E-state index in [0.717, 1.165) is 10.9 Å². The second kappa shape index (κ2) is 7.77. The van der Waals surface area contributed by atoms with Crippen molar-refractivity contribution in [1.82, 2.24) is 0 Å². The van der Waals surface area contributed by atoms with E-state index in [1.54, 1.807) is 0 Å². The van der Waals surface area contributed by atoms with Crippen LogP contribution in [0.1, 0.15) is 24.0 Å². The zero-order valence-corrected chi connectivity index (χ0v) is 21.5. The van der Waals surface area contributed by atoms with Crippen molar-refractivity contribution in [3.63, 3.8) is 0 Å². The van der Waals surface area contributed by atoms with Crippen LogP contribution < -0.4 is 21.9 Å². The van der Waals surface area contributed by atoms with E-state index in [9.17, 15) is 0 Å². The first-order chi connectivity index (χ1) is 18.5. The van der Waals surface area contributed by atoms with Crippen LogP contribution in [0.5, 0.6) is 0 Å². The summed E-state index contributed by atoms with van der Waals surface area (Å²) in [6, 6.07) is 35.3. The van der Waals surface area contributed by atoms with Crippen LogP contribution in [-0.4, -0.2) is 22.4 Å². The summed E-state index contributed by atoms with van der Waals surface area (Å²) in [5.74, 6) is 0.301. The van der Waals surface area contributed by atoms with Gasteiger partial charge in [-0.3, -0.25) is 0 Å². The van der Waals surface area contributed by atoms with Crippen LogP contribution >= 0.6 is 0 Å². The minimum absolute atomic E-state index is 0.195. The Kier molecular flexibility index (Phi) is 4.51. The summed E-state index contributed by atoms with van der Waals surface area (Å²) < 4.78 is 0. The first-order valence-corrected chi connectivity index (χ1v) is 13.4. The first-order valence-electron chi connectivity index (χ1n) is 13.4. The monoisotopic (exact) mass is 476 g/mol. The van der Waals surface area contributed by atoms with Gasteiger partial charge in [-0.2, -0.15) is 0 Å². The first kappa shape index (κ1) is 22.1. The Morgan fingerprint density at radius 3 is 1.97 bits per heavy atom. The Bertz CT molecular complexity index is 1980. The van der Waals surface area contributed by atoms with Gasteiger partial charge in [-0.25, -0.2) is 0 Å². The van der Waals surface area contributed by atoms with Gasteiger partial charge in [0.2, 0.25) is 6.71 Å². The average molecular weight is 476 g/mol. The van der Waals surface area contributed by atoms with E-state index in [1.165, 1.54) is 77.0 Å². The van der Waals surface area contributed by atoms with Gasteiger partial charge >= 0.3 is 0 Å². The molecule has 1 heterocycles. The van der Waals surface area contributed by atoms with E-state index in [-0.39, 0.29) is 6.71 Å². The molecule has 0 amide bonds. The molecule has 2 bridgehead atoms. The maximum absolute atomic E-state index is 6.61. The van der Waals surface area contributed by atoms with Crippen LogP contribution in [0.4, 0.5) is 0 Å². The fourth-order valence-corrected chi connectivity index (χ4v) is 7.36. The predicted molar refractivity (Wildman–Crippen MR) is 167 cm³/mol. The Balaban J connectivity index is 1.49. The smallest absolute Gasteiger partial charge is 0.0954 e. The summed E-state index contributed by atoms with van der Waals surface area (Å²) in [6.07, 6.45) is 0. The van der Waals surface area contributed by atoms with Crippen LogP contribution in [0, 0.1) is 0 Å². The molecule has 3 heteroatoms. The van der Waals surface area contributed by atoms with Crippen molar-refractivity contribution in [2.45, 2.75) is 19.7 Å². The molecule has 0 spiro atoms. The largest absolute Gasteiger partial charge is 0.208 e. The zero-order chi connectivity index (χ0) is 25.7. The van der Waals surface area contributed by atoms with Gasteiger partial charge in [0.1, 0.15) is 15.7 Å². The van der Waals surface area contributed by atoms with Crippen molar-refractivity contribution in [2.24, 2.45) is 0 Å². The summed E-state index contributed by atoms with van der Waals surface area (Å²) in [6.45, 7) is 4.88. The third-order valence-corrected chi connectivity index (χ3v) is 8.97. The van der Waals surface area contributed by atoms with Crippen LogP contribution in [0.3, 0.4) is 0 Å². The highest BCUT2D eigenvalue weighted by Crippen LogP contribution is 2.48. The molecule has 1 aliphatic heterocycles. The second-order valence-electron chi connectivity index (χ2n) is 11.0. The molecule has 172 valence electrons. The van der Waals surface area contributed by atoms with Gasteiger partial charge in [0.15, 0.2) is 0 Å². The lowest BCUT2D eigenvalue weighted by atomic mass is 9.40. The Morgan fingerprint density at radius 1 is 0.553 bits per heavy atom. The van der Waals surface area contributed by atoms with Crippen molar-refractivity contribution in [1.29, 1.82) is 0 Å². The molecule has 0 N–H and O–H groups in total. The van der Waals surface area contributed by atoms with Crippen LogP contribution in [0.2, 0.25) is 6.82 Å². The molecule has 38 heavy (non-hydrogen) atoms. The van der Waals surface area contributed by atoms with Gasteiger partial charge in [0.25, 0.3) is 0 Å². The lowest BCUT2D eigenvalue weighted by Gasteiger charge is -2.22. The summed E-state index contributed by atoms with van der Waals surface area (Å²) in [7, 11) is 13.2. The molecular formula is C35H23B3. The molecule has 0 saturated carbocycles.